The summed E-state index contributed by atoms with van der Waals surface area (Å²) in [5.41, 5.74) is 6.51. The van der Waals surface area contributed by atoms with Gasteiger partial charge in [-0.15, -0.1) is 0 Å². The van der Waals surface area contributed by atoms with Crippen LogP contribution in [0, 0.1) is 5.92 Å². The molecule has 0 saturated carbocycles. The minimum Gasteiger partial charge on any atom is -0.497 e. The highest BCUT2D eigenvalue weighted by Gasteiger charge is 2.38. The summed E-state index contributed by atoms with van der Waals surface area (Å²) in [5, 5.41) is 8.20. The largest absolute Gasteiger partial charge is 0.497 e. The first-order chi connectivity index (χ1) is 12.3. The van der Waals surface area contributed by atoms with Crippen molar-refractivity contribution in [2.24, 2.45) is 11.7 Å². The SMILES string of the molecule is COc1ccc2c(N3CC(CCN)C3)ncnc2c1.O=C(O)C(F)(F)F. The lowest BCUT2D eigenvalue weighted by molar-refractivity contribution is -0.192. The third-order valence-corrected chi connectivity index (χ3v) is 3.90. The number of hydrogen-bond donors (Lipinski definition) is 2. The molecule has 142 valence electrons. The van der Waals surface area contributed by atoms with Gasteiger partial charge >= 0.3 is 12.1 Å². The molecule has 3 N–H and O–H groups in total. The van der Waals surface area contributed by atoms with Crippen molar-refractivity contribution >= 4 is 22.7 Å². The van der Waals surface area contributed by atoms with Gasteiger partial charge in [-0.3, -0.25) is 0 Å². The number of alkyl halides is 3. The van der Waals surface area contributed by atoms with Gasteiger partial charge in [-0.2, -0.15) is 13.2 Å². The third kappa shape index (κ3) is 4.72. The lowest BCUT2D eigenvalue weighted by Crippen LogP contribution is -2.48. The summed E-state index contributed by atoms with van der Waals surface area (Å²) >= 11 is 0. The van der Waals surface area contributed by atoms with Gasteiger partial charge in [0.1, 0.15) is 17.9 Å². The van der Waals surface area contributed by atoms with E-state index in [1.165, 1.54) is 0 Å². The van der Waals surface area contributed by atoms with E-state index in [1.807, 2.05) is 18.2 Å². The van der Waals surface area contributed by atoms with E-state index in [2.05, 4.69) is 14.9 Å². The van der Waals surface area contributed by atoms with Crippen molar-refractivity contribution in [3.63, 3.8) is 0 Å². The van der Waals surface area contributed by atoms with Crippen LogP contribution >= 0.6 is 0 Å². The van der Waals surface area contributed by atoms with Crippen molar-refractivity contribution in [2.75, 3.05) is 31.6 Å². The predicted molar refractivity (Wildman–Crippen MR) is 89.2 cm³/mol. The van der Waals surface area contributed by atoms with Crippen molar-refractivity contribution in [3.05, 3.63) is 24.5 Å². The Hall–Kier alpha value is -2.62. The van der Waals surface area contributed by atoms with Crippen molar-refractivity contribution in [1.82, 2.24) is 9.97 Å². The van der Waals surface area contributed by atoms with Crippen molar-refractivity contribution in [1.29, 1.82) is 0 Å². The normalized spacial score (nSPS) is 14.4. The van der Waals surface area contributed by atoms with E-state index in [1.54, 1.807) is 13.4 Å². The molecule has 0 radical (unpaired) electrons. The molecule has 0 bridgehead atoms. The average Bonchev–Trinajstić information content (AvgIpc) is 2.56. The summed E-state index contributed by atoms with van der Waals surface area (Å²) in [6.07, 6.45) is -2.37. The Morgan fingerprint density at radius 3 is 2.58 bits per heavy atom. The molecular weight excluding hydrogens is 353 g/mol. The monoisotopic (exact) mass is 372 g/mol. The number of ether oxygens (including phenoxy) is 1. The fourth-order valence-electron chi connectivity index (χ4n) is 2.56. The highest BCUT2D eigenvalue weighted by Crippen LogP contribution is 2.31. The smallest absolute Gasteiger partial charge is 0.490 e. The lowest BCUT2D eigenvalue weighted by Gasteiger charge is -2.40. The van der Waals surface area contributed by atoms with E-state index >= 15 is 0 Å². The molecule has 0 atom stereocenters. The summed E-state index contributed by atoms with van der Waals surface area (Å²) in [4.78, 5) is 19.9. The molecule has 1 aromatic carbocycles. The van der Waals surface area contributed by atoms with Crippen LogP contribution in [0.4, 0.5) is 19.0 Å². The molecule has 1 aromatic heterocycles. The molecule has 1 aliphatic rings. The fourth-order valence-corrected chi connectivity index (χ4v) is 2.56. The number of benzene rings is 1. The van der Waals surface area contributed by atoms with Crippen LogP contribution < -0.4 is 15.4 Å². The highest BCUT2D eigenvalue weighted by atomic mass is 19.4. The van der Waals surface area contributed by atoms with Crippen molar-refractivity contribution in [3.8, 4) is 5.75 Å². The number of anilines is 1. The highest BCUT2D eigenvalue weighted by molar-refractivity contribution is 5.90. The molecule has 0 aliphatic carbocycles. The molecule has 0 spiro atoms. The number of aromatic nitrogens is 2. The number of carboxylic acid groups (broad SMARTS) is 1. The topological polar surface area (TPSA) is 102 Å². The Kier molecular flexibility index (Phi) is 6.19. The number of carbonyl (C=O) groups is 1. The number of hydrogen-bond acceptors (Lipinski definition) is 6. The number of methoxy groups -OCH3 is 1. The van der Waals surface area contributed by atoms with Gasteiger partial charge < -0.3 is 20.5 Å². The number of rotatable bonds is 4. The molecule has 1 fully saturated rings. The van der Waals surface area contributed by atoms with Crippen LogP contribution in [0.2, 0.25) is 0 Å². The molecule has 1 aliphatic heterocycles. The maximum Gasteiger partial charge on any atom is 0.490 e. The number of halogens is 3. The maximum absolute atomic E-state index is 10.6. The Balaban J connectivity index is 0.000000298. The number of carboxylic acids is 1. The van der Waals surface area contributed by atoms with E-state index in [9.17, 15) is 13.2 Å². The second-order valence-electron chi connectivity index (χ2n) is 5.73. The predicted octanol–water partition coefficient (Wildman–Crippen LogP) is 2.06. The van der Waals surface area contributed by atoms with Crippen molar-refractivity contribution in [2.45, 2.75) is 12.6 Å². The Labute approximate surface area is 147 Å². The van der Waals surface area contributed by atoms with Gasteiger partial charge in [0.15, 0.2) is 0 Å². The Morgan fingerprint density at radius 2 is 2.04 bits per heavy atom. The van der Waals surface area contributed by atoms with E-state index in [0.717, 1.165) is 48.5 Å². The maximum atomic E-state index is 10.6. The van der Waals surface area contributed by atoms with Crippen molar-refractivity contribution < 1.29 is 27.8 Å². The number of nitrogens with zero attached hydrogens (tertiary/aromatic N) is 3. The van der Waals surface area contributed by atoms with E-state index in [4.69, 9.17) is 20.4 Å². The van der Waals surface area contributed by atoms with Crippen LogP contribution in [-0.4, -0.2) is 54.0 Å². The molecule has 26 heavy (non-hydrogen) atoms. The van der Waals surface area contributed by atoms with Gasteiger partial charge in [0.25, 0.3) is 0 Å². The number of nitrogens with two attached hydrogens (primary N) is 1. The second-order valence-corrected chi connectivity index (χ2v) is 5.73. The first-order valence-corrected chi connectivity index (χ1v) is 7.80. The van der Waals surface area contributed by atoms with Gasteiger partial charge in [-0.1, -0.05) is 0 Å². The zero-order chi connectivity index (χ0) is 19.3. The lowest BCUT2D eigenvalue weighted by atomic mass is 9.96. The standard InChI is InChI=1S/C14H18N4O.C2HF3O2/c1-19-11-2-3-12-13(6-11)16-9-17-14(12)18-7-10(8-18)4-5-15;3-2(4,5)1(6)7/h2-3,6,9-10H,4-5,7-8,15H2,1H3;(H,6,7). The van der Waals surface area contributed by atoms with Crippen LogP contribution in [-0.2, 0) is 4.79 Å². The van der Waals surface area contributed by atoms with Crippen LogP contribution in [0.1, 0.15) is 6.42 Å². The molecule has 0 amide bonds. The molecule has 7 nitrogen and oxygen atoms in total. The molecule has 1 saturated heterocycles. The van der Waals surface area contributed by atoms with Crippen LogP contribution in [0.25, 0.3) is 10.9 Å². The quantitative estimate of drug-likeness (QED) is 0.847. The van der Waals surface area contributed by atoms with Gasteiger partial charge in [0.2, 0.25) is 0 Å². The van der Waals surface area contributed by atoms with Crippen LogP contribution in [0.15, 0.2) is 24.5 Å². The van der Waals surface area contributed by atoms with Gasteiger partial charge in [-0.25, -0.2) is 14.8 Å². The minimum absolute atomic E-state index is 0.702. The first kappa shape index (κ1) is 19.7. The number of fused-ring (bicyclic) bond motifs is 1. The fraction of sp³-hybridized carbons (Fsp3) is 0.438. The molecule has 10 heteroatoms. The van der Waals surface area contributed by atoms with Crippen LogP contribution in [0.3, 0.4) is 0 Å². The second kappa shape index (κ2) is 8.17. The Morgan fingerprint density at radius 1 is 1.38 bits per heavy atom. The zero-order valence-electron chi connectivity index (χ0n) is 14.0. The molecule has 3 rings (SSSR count). The summed E-state index contributed by atoms with van der Waals surface area (Å²) in [6.45, 7) is 2.84. The zero-order valence-corrected chi connectivity index (χ0v) is 14.0. The van der Waals surface area contributed by atoms with E-state index < -0.39 is 12.1 Å². The molecule has 0 unspecified atom stereocenters. The molecule has 2 aromatic rings. The number of aliphatic carboxylic acids is 1. The molecular formula is C16H19F3N4O3. The summed E-state index contributed by atoms with van der Waals surface area (Å²) in [7, 11) is 1.66. The molecule has 2 heterocycles. The Bertz CT molecular complexity index is 764. The van der Waals surface area contributed by atoms with Crippen LogP contribution in [0.5, 0.6) is 5.75 Å². The van der Waals surface area contributed by atoms with Gasteiger partial charge in [0, 0.05) is 24.5 Å². The van der Waals surface area contributed by atoms with Gasteiger partial charge in [-0.05, 0) is 31.0 Å². The van der Waals surface area contributed by atoms with Gasteiger partial charge in [0.05, 0.1) is 12.6 Å². The minimum atomic E-state index is -5.08. The first-order valence-electron chi connectivity index (χ1n) is 7.80. The van der Waals surface area contributed by atoms with E-state index in [-0.39, 0.29) is 0 Å². The summed E-state index contributed by atoms with van der Waals surface area (Å²) in [5.74, 6) is -0.219. The summed E-state index contributed by atoms with van der Waals surface area (Å²) < 4.78 is 37.0. The average molecular weight is 372 g/mol. The third-order valence-electron chi connectivity index (χ3n) is 3.90. The summed E-state index contributed by atoms with van der Waals surface area (Å²) in [6, 6.07) is 5.92. The van der Waals surface area contributed by atoms with E-state index in [0.29, 0.717) is 5.92 Å².